The SMILES string of the molecule is NC(C(=O)O)c1ccc(C2CC2)c(Br)c1. The summed E-state index contributed by atoms with van der Waals surface area (Å²) in [5.74, 6) is -0.351. The van der Waals surface area contributed by atoms with Gasteiger partial charge in [0.15, 0.2) is 0 Å². The summed E-state index contributed by atoms with van der Waals surface area (Å²) in [7, 11) is 0. The highest BCUT2D eigenvalue weighted by atomic mass is 79.9. The fraction of sp³-hybridized carbons (Fsp3) is 0.364. The first-order chi connectivity index (χ1) is 7.09. The highest BCUT2D eigenvalue weighted by Crippen LogP contribution is 2.43. The molecular formula is C11H12BrNO2. The number of benzene rings is 1. The van der Waals surface area contributed by atoms with Crippen molar-refractivity contribution in [3.05, 3.63) is 33.8 Å². The van der Waals surface area contributed by atoms with Gasteiger partial charge in [-0.1, -0.05) is 28.1 Å². The molecule has 0 radical (unpaired) electrons. The van der Waals surface area contributed by atoms with Crippen LogP contribution in [0.15, 0.2) is 22.7 Å². The Hall–Kier alpha value is -0.870. The van der Waals surface area contributed by atoms with Gasteiger partial charge in [0.05, 0.1) is 0 Å². The molecule has 0 saturated heterocycles. The van der Waals surface area contributed by atoms with Crippen LogP contribution < -0.4 is 5.73 Å². The first-order valence-corrected chi connectivity index (χ1v) is 5.66. The third-order valence-corrected chi connectivity index (χ3v) is 3.35. The van der Waals surface area contributed by atoms with Crippen molar-refractivity contribution in [3.8, 4) is 0 Å². The first-order valence-electron chi connectivity index (χ1n) is 4.87. The second kappa shape index (κ2) is 3.94. The number of carboxylic acid groups (broad SMARTS) is 1. The molecule has 1 saturated carbocycles. The monoisotopic (exact) mass is 269 g/mol. The minimum atomic E-state index is -0.999. The number of halogens is 1. The molecule has 80 valence electrons. The fourth-order valence-corrected chi connectivity index (χ4v) is 2.33. The molecule has 0 aliphatic heterocycles. The summed E-state index contributed by atoms with van der Waals surface area (Å²) in [5.41, 5.74) is 7.43. The summed E-state index contributed by atoms with van der Waals surface area (Å²) in [5, 5.41) is 8.78. The fourth-order valence-electron chi connectivity index (χ4n) is 1.60. The topological polar surface area (TPSA) is 63.3 Å². The molecular weight excluding hydrogens is 258 g/mol. The Morgan fingerprint density at radius 3 is 2.67 bits per heavy atom. The van der Waals surface area contributed by atoms with E-state index >= 15 is 0 Å². The maximum absolute atomic E-state index is 10.7. The molecule has 1 aliphatic rings. The Morgan fingerprint density at radius 1 is 1.53 bits per heavy atom. The van der Waals surface area contributed by atoms with Crippen LogP contribution in [0, 0.1) is 0 Å². The molecule has 0 amide bonds. The molecule has 1 fully saturated rings. The first kappa shape index (κ1) is 10.6. The number of hydrogen-bond acceptors (Lipinski definition) is 2. The van der Waals surface area contributed by atoms with Gasteiger partial charge in [0.25, 0.3) is 0 Å². The van der Waals surface area contributed by atoms with Crippen LogP contribution in [0.25, 0.3) is 0 Å². The van der Waals surface area contributed by atoms with E-state index in [1.165, 1.54) is 18.4 Å². The van der Waals surface area contributed by atoms with Crippen LogP contribution in [0.2, 0.25) is 0 Å². The van der Waals surface area contributed by atoms with Gasteiger partial charge in [-0.25, -0.2) is 0 Å². The van der Waals surface area contributed by atoms with Crippen LogP contribution in [0.5, 0.6) is 0 Å². The van der Waals surface area contributed by atoms with E-state index < -0.39 is 12.0 Å². The number of carbonyl (C=O) groups is 1. The van der Waals surface area contributed by atoms with Gasteiger partial charge in [-0.3, -0.25) is 4.79 Å². The van der Waals surface area contributed by atoms with E-state index in [4.69, 9.17) is 10.8 Å². The van der Waals surface area contributed by atoms with Crippen molar-refractivity contribution in [2.75, 3.05) is 0 Å². The Balaban J connectivity index is 2.28. The van der Waals surface area contributed by atoms with Gasteiger partial charge in [0.2, 0.25) is 0 Å². The lowest BCUT2D eigenvalue weighted by Gasteiger charge is -2.09. The Morgan fingerprint density at radius 2 is 2.20 bits per heavy atom. The van der Waals surface area contributed by atoms with Gasteiger partial charge in [0.1, 0.15) is 6.04 Å². The standard InChI is InChI=1S/C11H12BrNO2/c12-9-5-7(10(13)11(14)15)3-4-8(9)6-1-2-6/h3-6,10H,1-2,13H2,(H,14,15). The minimum Gasteiger partial charge on any atom is -0.480 e. The number of carboxylic acids is 1. The molecule has 15 heavy (non-hydrogen) atoms. The van der Waals surface area contributed by atoms with Gasteiger partial charge >= 0.3 is 5.97 Å². The minimum absolute atomic E-state index is 0.638. The highest BCUT2D eigenvalue weighted by Gasteiger charge is 2.26. The molecule has 4 heteroatoms. The van der Waals surface area contributed by atoms with E-state index in [1.54, 1.807) is 6.07 Å². The van der Waals surface area contributed by atoms with Gasteiger partial charge in [0, 0.05) is 4.47 Å². The molecule has 2 rings (SSSR count). The molecule has 1 aromatic carbocycles. The maximum atomic E-state index is 10.7. The molecule has 0 bridgehead atoms. The molecule has 0 aromatic heterocycles. The van der Waals surface area contributed by atoms with Crippen molar-refractivity contribution in [2.45, 2.75) is 24.8 Å². The Kier molecular flexibility index (Phi) is 2.80. The summed E-state index contributed by atoms with van der Waals surface area (Å²) >= 11 is 3.46. The van der Waals surface area contributed by atoms with Gasteiger partial charge in [-0.15, -0.1) is 0 Å². The predicted molar refractivity (Wildman–Crippen MR) is 60.7 cm³/mol. The zero-order valence-corrected chi connectivity index (χ0v) is 9.70. The lowest BCUT2D eigenvalue weighted by atomic mass is 10.0. The molecule has 3 N–H and O–H groups in total. The average Bonchev–Trinajstić information content (AvgIpc) is 3.00. The van der Waals surface area contributed by atoms with Crippen molar-refractivity contribution < 1.29 is 9.90 Å². The van der Waals surface area contributed by atoms with Crippen LogP contribution in [-0.4, -0.2) is 11.1 Å². The molecule has 0 heterocycles. The summed E-state index contributed by atoms with van der Waals surface area (Å²) < 4.78 is 0.971. The normalized spacial score (nSPS) is 17.5. The van der Waals surface area contributed by atoms with E-state index in [1.807, 2.05) is 12.1 Å². The number of aliphatic carboxylic acids is 1. The van der Waals surface area contributed by atoms with E-state index in [-0.39, 0.29) is 0 Å². The Bertz CT molecular complexity index is 402. The van der Waals surface area contributed by atoms with Crippen LogP contribution in [0.4, 0.5) is 0 Å². The highest BCUT2D eigenvalue weighted by molar-refractivity contribution is 9.10. The number of rotatable bonds is 3. The molecule has 1 aromatic rings. The third-order valence-electron chi connectivity index (χ3n) is 2.67. The van der Waals surface area contributed by atoms with Crippen LogP contribution >= 0.6 is 15.9 Å². The largest absolute Gasteiger partial charge is 0.480 e. The van der Waals surface area contributed by atoms with Gasteiger partial charge < -0.3 is 10.8 Å². The van der Waals surface area contributed by atoms with Crippen molar-refractivity contribution in [1.29, 1.82) is 0 Å². The summed E-state index contributed by atoms with van der Waals surface area (Å²) in [6, 6.07) is 4.65. The average molecular weight is 270 g/mol. The number of nitrogens with two attached hydrogens (primary N) is 1. The zero-order chi connectivity index (χ0) is 11.0. The zero-order valence-electron chi connectivity index (χ0n) is 8.11. The second-order valence-electron chi connectivity index (χ2n) is 3.87. The summed E-state index contributed by atoms with van der Waals surface area (Å²) in [6.45, 7) is 0. The molecule has 3 nitrogen and oxygen atoms in total. The van der Waals surface area contributed by atoms with Gasteiger partial charge in [-0.2, -0.15) is 0 Å². The molecule has 0 spiro atoms. The Labute approximate surface area is 96.4 Å². The van der Waals surface area contributed by atoms with Crippen molar-refractivity contribution >= 4 is 21.9 Å². The van der Waals surface area contributed by atoms with Crippen molar-refractivity contribution in [3.63, 3.8) is 0 Å². The molecule has 1 atom stereocenters. The van der Waals surface area contributed by atoms with E-state index in [2.05, 4.69) is 15.9 Å². The quantitative estimate of drug-likeness (QED) is 0.886. The van der Waals surface area contributed by atoms with Crippen LogP contribution in [0.1, 0.15) is 35.9 Å². The van der Waals surface area contributed by atoms with Crippen LogP contribution in [-0.2, 0) is 4.79 Å². The van der Waals surface area contributed by atoms with Crippen molar-refractivity contribution in [1.82, 2.24) is 0 Å². The van der Waals surface area contributed by atoms with Gasteiger partial charge in [-0.05, 0) is 36.0 Å². The lowest BCUT2D eigenvalue weighted by molar-refractivity contribution is -0.138. The maximum Gasteiger partial charge on any atom is 0.325 e. The van der Waals surface area contributed by atoms with E-state index in [0.717, 1.165) is 4.47 Å². The summed E-state index contributed by atoms with van der Waals surface area (Å²) in [6.07, 6.45) is 2.45. The summed E-state index contributed by atoms with van der Waals surface area (Å²) in [4.78, 5) is 10.7. The molecule has 1 aliphatic carbocycles. The smallest absolute Gasteiger partial charge is 0.325 e. The number of hydrogen-bond donors (Lipinski definition) is 2. The van der Waals surface area contributed by atoms with E-state index in [9.17, 15) is 4.79 Å². The second-order valence-corrected chi connectivity index (χ2v) is 4.73. The third kappa shape index (κ3) is 2.21. The molecule has 1 unspecified atom stereocenters. The van der Waals surface area contributed by atoms with Crippen LogP contribution in [0.3, 0.4) is 0 Å². The predicted octanol–water partition coefficient (Wildman–Crippen LogP) is 2.41. The van der Waals surface area contributed by atoms with Crippen molar-refractivity contribution in [2.24, 2.45) is 5.73 Å². The van der Waals surface area contributed by atoms with E-state index in [0.29, 0.717) is 11.5 Å². The lowest BCUT2D eigenvalue weighted by Crippen LogP contribution is -2.20.